The fraction of sp³-hybridized carbons (Fsp3) is 0.0769. The Kier molecular flexibility index (Phi) is 3.05. The Morgan fingerprint density at radius 2 is 1.71 bits per heavy atom. The molecule has 4 nitrogen and oxygen atoms in total. The van der Waals surface area contributed by atoms with Crippen LogP contribution in [0.5, 0.6) is 17.2 Å². The minimum absolute atomic E-state index is 0.0526. The van der Waals surface area contributed by atoms with Crippen LogP contribution in [0.4, 0.5) is 5.69 Å². The predicted octanol–water partition coefficient (Wildman–Crippen LogP) is 2.26. The van der Waals surface area contributed by atoms with E-state index in [0.29, 0.717) is 18.0 Å². The van der Waals surface area contributed by atoms with Crippen LogP contribution in [0.2, 0.25) is 0 Å². The highest BCUT2D eigenvalue weighted by atomic mass is 16.5. The molecule has 0 aliphatic rings. The van der Waals surface area contributed by atoms with Crippen LogP contribution in [0.3, 0.4) is 0 Å². The molecule has 0 amide bonds. The first-order chi connectivity index (χ1) is 8.15. The van der Waals surface area contributed by atoms with Gasteiger partial charge in [0.15, 0.2) is 0 Å². The van der Waals surface area contributed by atoms with E-state index in [9.17, 15) is 5.11 Å². The van der Waals surface area contributed by atoms with E-state index in [-0.39, 0.29) is 11.5 Å². The maximum Gasteiger partial charge on any atom is 0.138 e. The maximum atomic E-state index is 9.42. The number of hydrogen-bond acceptors (Lipinski definition) is 4. The highest BCUT2D eigenvalue weighted by Gasteiger charge is 2.00. The quantitative estimate of drug-likeness (QED) is 0.559. The van der Waals surface area contributed by atoms with Gasteiger partial charge in [-0.3, -0.25) is 0 Å². The van der Waals surface area contributed by atoms with Gasteiger partial charge in [-0.1, -0.05) is 6.07 Å². The smallest absolute Gasteiger partial charge is 0.138 e. The third-order valence-corrected chi connectivity index (χ3v) is 2.34. The minimum atomic E-state index is 0.0526. The molecule has 88 valence electrons. The van der Waals surface area contributed by atoms with Crippen LogP contribution < -0.4 is 10.5 Å². The van der Waals surface area contributed by atoms with Gasteiger partial charge in [0.05, 0.1) is 5.69 Å². The van der Waals surface area contributed by atoms with Crippen molar-refractivity contribution >= 4 is 5.69 Å². The molecule has 4 N–H and O–H groups in total. The number of nitrogens with two attached hydrogens (primary N) is 1. The summed E-state index contributed by atoms with van der Waals surface area (Å²) in [6.07, 6.45) is 0. The van der Waals surface area contributed by atoms with E-state index in [2.05, 4.69) is 0 Å². The SMILES string of the molecule is Nc1ccc(COc2ccc(O)cc2)cc1O. The van der Waals surface area contributed by atoms with E-state index >= 15 is 0 Å². The van der Waals surface area contributed by atoms with E-state index in [1.54, 1.807) is 42.5 Å². The van der Waals surface area contributed by atoms with Gasteiger partial charge in [0.25, 0.3) is 0 Å². The predicted molar refractivity (Wildman–Crippen MR) is 65.0 cm³/mol. The summed E-state index contributed by atoms with van der Waals surface area (Å²) < 4.78 is 5.48. The molecule has 0 bridgehead atoms. The second kappa shape index (κ2) is 4.65. The lowest BCUT2D eigenvalue weighted by molar-refractivity contribution is 0.305. The van der Waals surface area contributed by atoms with Gasteiger partial charge in [-0.2, -0.15) is 0 Å². The van der Waals surface area contributed by atoms with Crippen LogP contribution in [-0.2, 0) is 6.61 Å². The van der Waals surface area contributed by atoms with Gasteiger partial charge in [0.2, 0.25) is 0 Å². The molecule has 0 heterocycles. The molecule has 2 aromatic rings. The Labute approximate surface area is 98.9 Å². The molecular weight excluding hydrogens is 218 g/mol. The zero-order chi connectivity index (χ0) is 12.3. The molecule has 0 fully saturated rings. The zero-order valence-corrected chi connectivity index (χ0v) is 9.13. The number of phenolic OH excluding ortho intramolecular Hbond substituents is 2. The number of phenols is 2. The van der Waals surface area contributed by atoms with Crippen molar-refractivity contribution in [2.75, 3.05) is 5.73 Å². The molecule has 0 atom stereocenters. The van der Waals surface area contributed by atoms with Crippen molar-refractivity contribution in [1.29, 1.82) is 0 Å². The summed E-state index contributed by atoms with van der Waals surface area (Å²) in [7, 11) is 0. The van der Waals surface area contributed by atoms with Crippen molar-refractivity contribution in [1.82, 2.24) is 0 Å². The standard InChI is InChI=1S/C13H13NO3/c14-12-6-1-9(7-13(12)16)8-17-11-4-2-10(15)3-5-11/h1-7,15-16H,8,14H2. The summed E-state index contributed by atoms with van der Waals surface area (Å²) >= 11 is 0. The van der Waals surface area contributed by atoms with Crippen LogP contribution in [0.15, 0.2) is 42.5 Å². The van der Waals surface area contributed by atoms with Crippen molar-refractivity contribution in [2.45, 2.75) is 6.61 Å². The molecule has 17 heavy (non-hydrogen) atoms. The fourth-order valence-electron chi connectivity index (χ4n) is 1.39. The Morgan fingerprint density at radius 1 is 1.00 bits per heavy atom. The molecule has 0 unspecified atom stereocenters. The number of anilines is 1. The third kappa shape index (κ3) is 2.81. The minimum Gasteiger partial charge on any atom is -0.508 e. The van der Waals surface area contributed by atoms with Gasteiger partial charge in [0.1, 0.15) is 23.9 Å². The number of ether oxygens (including phenoxy) is 1. The van der Waals surface area contributed by atoms with Gasteiger partial charge >= 0.3 is 0 Å². The summed E-state index contributed by atoms with van der Waals surface area (Å²) in [5, 5.41) is 18.5. The summed E-state index contributed by atoms with van der Waals surface area (Å²) in [5.41, 5.74) is 6.66. The highest BCUT2D eigenvalue weighted by Crippen LogP contribution is 2.22. The molecule has 0 saturated heterocycles. The van der Waals surface area contributed by atoms with E-state index in [0.717, 1.165) is 5.56 Å². The second-order valence-electron chi connectivity index (χ2n) is 3.68. The van der Waals surface area contributed by atoms with Crippen LogP contribution in [0.25, 0.3) is 0 Å². The summed E-state index contributed by atoms with van der Waals surface area (Å²) in [4.78, 5) is 0. The Balaban J connectivity index is 2.02. The van der Waals surface area contributed by atoms with Crippen molar-refractivity contribution < 1.29 is 14.9 Å². The van der Waals surface area contributed by atoms with Gasteiger partial charge in [0, 0.05) is 0 Å². The topological polar surface area (TPSA) is 75.7 Å². The number of aromatic hydroxyl groups is 2. The summed E-state index contributed by atoms with van der Waals surface area (Å²) in [5.74, 6) is 0.901. The molecular formula is C13H13NO3. The average Bonchev–Trinajstić information content (AvgIpc) is 2.33. The van der Waals surface area contributed by atoms with Crippen LogP contribution in [0, 0.1) is 0 Å². The van der Waals surface area contributed by atoms with Gasteiger partial charge < -0.3 is 20.7 Å². The molecule has 0 aromatic heterocycles. The summed E-state index contributed by atoms with van der Waals surface area (Å²) in [6, 6.07) is 11.4. The van der Waals surface area contributed by atoms with E-state index < -0.39 is 0 Å². The molecule has 0 aliphatic carbocycles. The van der Waals surface area contributed by atoms with Gasteiger partial charge in [-0.15, -0.1) is 0 Å². The molecule has 2 rings (SSSR count). The van der Waals surface area contributed by atoms with Gasteiger partial charge in [-0.05, 0) is 42.0 Å². The van der Waals surface area contributed by atoms with Crippen LogP contribution in [-0.4, -0.2) is 10.2 Å². The van der Waals surface area contributed by atoms with Crippen molar-refractivity contribution in [2.24, 2.45) is 0 Å². The molecule has 0 spiro atoms. The normalized spacial score (nSPS) is 10.1. The van der Waals surface area contributed by atoms with Crippen LogP contribution in [0.1, 0.15) is 5.56 Å². The first-order valence-electron chi connectivity index (χ1n) is 5.14. The number of hydrogen-bond donors (Lipinski definition) is 3. The first-order valence-corrected chi connectivity index (χ1v) is 5.14. The van der Waals surface area contributed by atoms with Crippen molar-refractivity contribution in [3.63, 3.8) is 0 Å². The largest absolute Gasteiger partial charge is 0.508 e. The Hall–Kier alpha value is -2.36. The lowest BCUT2D eigenvalue weighted by Crippen LogP contribution is -1.96. The first kappa shape index (κ1) is 11.1. The van der Waals surface area contributed by atoms with Crippen LogP contribution >= 0.6 is 0 Å². The highest BCUT2D eigenvalue weighted by molar-refractivity contribution is 5.52. The van der Waals surface area contributed by atoms with Gasteiger partial charge in [-0.25, -0.2) is 0 Å². The number of benzene rings is 2. The number of rotatable bonds is 3. The molecule has 2 aromatic carbocycles. The van der Waals surface area contributed by atoms with E-state index in [4.69, 9.17) is 15.6 Å². The van der Waals surface area contributed by atoms with Crippen molar-refractivity contribution in [3.8, 4) is 17.2 Å². The Morgan fingerprint density at radius 3 is 2.35 bits per heavy atom. The summed E-state index contributed by atoms with van der Waals surface area (Å²) in [6.45, 7) is 0.332. The van der Waals surface area contributed by atoms with E-state index in [1.807, 2.05) is 0 Å². The Bertz CT molecular complexity index is 509. The molecule has 0 radical (unpaired) electrons. The average molecular weight is 231 g/mol. The number of nitrogen functional groups attached to an aromatic ring is 1. The van der Waals surface area contributed by atoms with E-state index in [1.165, 1.54) is 0 Å². The fourth-order valence-corrected chi connectivity index (χ4v) is 1.39. The lowest BCUT2D eigenvalue weighted by atomic mass is 10.2. The monoisotopic (exact) mass is 231 g/mol. The molecule has 0 aliphatic heterocycles. The lowest BCUT2D eigenvalue weighted by Gasteiger charge is -2.07. The second-order valence-corrected chi connectivity index (χ2v) is 3.68. The van der Waals surface area contributed by atoms with Crippen molar-refractivity contribution in [3.05, 3.63) is 48.0 Å². The zero-order valence-electron chi connectivity index (χ0n) is 9.13. The molecule has 0 saturated carbocycles. The maximum absolute atomic E-state index is 9.42. The molecule has 4 heteroatoms. The third-order valence-electron chi connectivity index (χ3n) is 2.34.